The molecule has 20 heavy (non-hydrogen) atoms. The van der Waals surface area contributed by atoms with Crippen LogP contribution in [0.1, 0.15) is 36.0 Å². The largest absolute Gasteiger partial charge is 0.494 e. The Morgan fingerprint density at radius 2 is 2.15 bits per heavy atom. The van der Waals surface area contributed by atoms with Crippen molar-refractivity contribution < 1.29 is 19.4 Å². The molecule has 1 unspecified atom stereocenters. The van der Waals surface area contributed by atoms with Gasteiger partial charge in [-0.25, -0.2) is 9.78 Å². The molecule has 0 aliphatic rings. The molecule has 2 rings (SSSR count). The number of nitrogens with zero attached hydrogens (tertiary/aromatic N) is 1. The number of benzene rings is 1. The zero-order valence-corrected chi connectivity index (χ0v) is 11.7. The van der Waals surface area contributed by atoms with E-state index < -0.39 is 12.1 Å². The molecule has 2 aromatic rings. The number of rotatable bonds is 4. The summed E-state index contributed by atoms with van der Waals surface area (Å²) in [6.07, 6.45) is -0.658. The number of carbonyl (C=O) groups is 1. The number of hydrogen-bond donors (Lipinski definition) is 1. The number of aliphatic hydroxyl groups excluding tert-OH is 1. The van der Waals surface area contributed by atoms with E-state index in [-0.39, 0.29) is 0 Å². The third kappa shape index (κ3) is 2.72. The Kier molecular flexibility index (Phi) is 4.20. The van der Waals surface area contributed by atoms with Crippen molar-refractivity contribution in [3.05, 3.63) is 35.5 Å². The molecule has 0 saturated carbocycles. The molecular weight excluding hydrogens is 258 g/mol. The SMILES string of the molecule is CCOC(=O)c1cc(OC)c2nc(C(C)O)ccc2c1. The van der Waals surface area contributed by atoms with E-state index >= 15 is 0 Å². The number of methoxy groups -OCH3 is 1. The first-order valence-electron chi connectivity index (χ1n) is 6.40. The van der Waals surface area contributed by atoms with Gasteiger partial charge in [0.25, 0.3) is 0 Å². The molecule has 0 aliphatic heterocycles. The molecule has 0 fully saturated rings. The monoisotopic (exact) mass is 275 g/mol. The summed E-state index contributed by atoms with van der Waals surface area (Å²) in [7, 11) is 1.51. The van der Waals surface area contributed by atoms with Crippen molar-refractivity contribution in [2.24, 2.45) is 0 Å². The van der Waals surface area contributed by atoms with Gasteiger partial charge in [0.05, 0.1) is 31.1 Å². The van der Waals surface area contributed by atoms with Gasteiger partial charge < -0.3 is 14.6 Å². The Morgan fingerprint density at radius 3 is 2.75 bits per heavy atom. The molecule has 1 aromatic carbocycles. The van der Waals surface area contributed by atoms with Crippen molar-refractivity contribution in [1.82, 2.24) is 4.98 Å². The van der Waals surface area contributed by atoms with Crippen LogP contribution in [-0.4, -0.2) is 29.8 Å². The van der Waals surface area contributed by atoms with Gasteiger partial charge in [0.15, 0.2) is 0 Å². The Labute approximate surface area is 117 Å². The number of hydrogen-bond acceptors (Lipinski definition) is 5. The van der Waals surface area contributed by atoms with Crippen LogP contribution in [0.25, 0.3) is 10.9 Å². The second-order valence-corrected chi connectivity index (χ2v) is 4.38. The molecule has 1 aromatic heterocycles. The Balaban J connectivity index is 2.58. The zero-order valence-electron chi connectivity index (χ0n) is 11.7. The summed E-state index contributed by atoms with van der Waals surface area (Å²) in [5.41, 5.74) is 1.58. The number of pyridine rings is 1. The van der Waals surface area contributed by atoms with E-state index in [2.05, 4.69) is 4.98 Å². The minimum absolute atomic E-state index is 0.318. The number of carbonyl (C=O) groups excluding carboxylic acids is 1. The lowest BCUT2D eigenvalue weighted by Gasteiger charge is -2.10. The van der Waals surface area contributed by atoms with Gasteiger partial charge in [-0.3, -0.25) is 0 Å². The van der Waals surface area contributed by atoms with E-state index in [0.717, 1.165) is 5.39 Å². The van der Waals surface area contributed by atoms with E-state index in [9.17, 15) is 9.90 Å². The summed E-state index contributed by atoms with van der Waals surface area (Å²) in [5.74, 6) is 0.0837. The fourth-order valence-electron chi connectivity index (χ4n) is 1.94. The second kappa shape index (κ2) is 5.88. The number of ether oxygens (including phenoxy) is 2. The van der Waals surface area contributed by atoms with Gasteiger partial charge in [0.2, 0.25) is 0 Å². The minimum Gasteiger partial charge on any atom is -0.494 e. The molecule has 0 bridgehead atoms. The molecule has 0 spiro atoms. The van der Waals surface area contributed by atoms with Crippen molar-refractivity contribution in [1.29, 1.82) is 0 Å². The molecule has 1 N–H and O–H groups in total. The number of fused-ring (bicyclic) bond motifs is 1. The van der Waals surface area contributed by atoms with E-state index in [1.165, 1.54) is 7.11 Å². The summed E-state index contributed by atoms with van der Waals surface area (Å²) in [6.45, 7) is 3.72. The van der Waals surface area contributed by atoms with Gasteiger partial charge in [0, 0.05) is 5.39 Å². The Morgan fingerprint density at radius 1 is 1.40 bits per heavy atom. The Hall–Kier alpha value is -2.14. The van der Waals surface area contributed by atoms with Crippen LogP contribution < -0.4 is 4.74 Å². The molecule has 0 amide bonds. The molecule has 1 atom stereocenters. The third-order valence-electron chi connectivity index (χ3n) is 2.94. The van der Waals surface area contributed by atoms with Crippen LogP contribution in [0.3, 0.4) is 0 Å². The van der Waals surface area contributed by atoms with Crippen LogP contribution in [0, 0.1) is 0 Å². The van der Waals surface area contributed by atoms with Gasteiger partial charge in [0.1, 0.15) is 11.3 Å². The lowest BCUT2D eigenvalue weighted by atomic mass is 10.1. The Bertz CT molecular complexity index is 637. The van der Waals surface area contributed by atoms with Crippen molar-refractivity contribution in [2.75, 3.05) is 13.7 Å². The van der Waals surface area contributed by atoms with Crippen LogP contribution in [0.2, 0.25) is 0 Å². The predicted octanol–water partition coefficient (Wildman–Crippen LogP) is 2.47. The van der Waals surface area contributed by atoms with Crippen LogP contribution in [0.4, 0.5) is 0 Å². The first kappa shape index (κ1) is 14.3. The van der Waals surface area contributed by atoms with Gasteiger partial charge in [-0.15, -0.1) is 0 Å². The smallest absolute Gasteiger partial charge is 0.338 e. The maximum Gasteiger partial charge on any atom is 0.338 e. The van der Waals surface area contributed by atoms with Gasteiger partial charge in [-0.05, 0) is 32.0 Å². The number of aliphatic hydroxyl groups is 1. The molecule has 0 saturated heterocycles. The highest BCUT2D eigenvalue weighted by atomic mass is 16.5. The average Bonchev–Trinajstić information content (AvgIpc) is 2.45. The van der Waals surface area contributed by atoms with Crippen molar-refractivity contribution in [3.8, 4) is 5.75 Å². The topological polar surface area (TPSA) is 68.7 Å². The maximum atomic E-state index is 11.8. The van der Waals surface area contributed by atoms with E-state index in [1.54, 1.807) is 38.1 Å². The molecule has 5 nitrogen and oxygen atoms in total. The quantitative estimate of drug-likeness (QED) is 0.868. The van der Waals surface area contributed by atoms with Crippen LogP contribution in [0.15, 0.2) is 24.3 Å². The average molecular weight is 275 g/mol. The lowest BCUT2D eigenvalue weighted by Crippen LogP contribution is -2.05. The normalized spacial score (nSPS) is 12.2. The van der Waals surface area contributed by atoms with Crippen LogP contribution >= 0.6 is 0 Å². The molecule has 5 heteroatoms. The summed E-state index contributed by atoms with van der Waals surface area (Å²) in [5, 5.41) is 10.3. The summed E-state index contributed by atoms with van der Waals surface area (Å²) < 4.78 is 10.3. The highest BCUT2D eigenvalue weighted by Crippen LogP contribution is 2.27. The first-order valence-corrected chi connectivity index (χ1v) is 6.40. The fraction of sp³-hybridized carbons (Fsp3) is 0.333. The van der Waals surface area contributed by atoms with Crippen molar-refractivity contribution in [2.45, 2.75) is 20.0 Å². The zero-order chi connectivity index (χ0) is 14.7. The fourth-order valence-corrected chi connectivity index (χ4v) is 1.94. The summed E-state index contributed by atoms with van der Waals surface area (Å²) in [4.78, 5) is 16.2. The second-order valence-electron chi connectivity index (χ2n) is 4.38. The minimum atomic E-state index is -0.658. The molecular formula is C15H17NO4. The molecule has 0 aliphatic carbocycles. The van der Waals surface area contributed by atoms with E-state index in [1.807, 2.05) is 0 Å². The molecule has 106 valence electrons. The third-order valence-corrected chi connectivity index (χ3v) is 2.94. The summed E-state index contributed by atoms with van der Waals surface area (Å²) >= 11 is 0. The van der Waals surface area contributed by atoms with Gasteiger partial charge >= 0.3 is 5.97 Å². The number of esters is 1. The lowest BCUT2D eigenvalue weighted by molar-refractivity contribution is 0.0526. The van der Waals surface area contributed by atoms with Crippen molar-refractivity contribution >= 4 is 16.9 Å². The van der Waals surface area contributed by atoms with Gasteiger partial charge in [-0.1, -0.05) is 6.07 Å². The molecule has 1 heterocycles. The maximum absolute atomic E-state index is 11.8. The van der Waals surface area contributed by atoms with E-state index in [4.69, 9.17) is 9.47 Å². The highest BCUT2D eigenvalue weighted by Gasteiger charge is 2.14. The predicted molar refractivity (Wildman–Crippen MR) is 74.9 cm³/mol. The summed E-state index contributed by atoms with van der Waals surface area (Å²) in [6, 6.07) is 6.82. The van der Waals surface area contributed by atoms with Crippen LogP contribution in [0.5, 0.6) is 5.75 Å². The van der Waals surface area contributed by atoms with Gasteiger partial charge in [-0.2, -0.15) is 0 Å². The molecule has 0 radical (unpaired) electrons. The highest BCUT2D eigenvalue weighted by molar-refractivity contribution is 5.97. The number of aromatic nitrogens is 1. The standard InChI is InChI=1S/C15H17NO4/c1-4-20-15(18)11-7-10-5-6-12(9(2)17)16-14(10)13(8-11)19-3/h5-9,17H,4H2,1-3H3. The first-order chi connectivity index (χ1) is 9.56. The van der Waals surface area contributed by atoms with Crippen molar-refractivity contribution in [3.63, 3.8) is 0 Å². The van der Waals surface area contributed by atoms with E-state index in [0.29, 0.717) is 29.1 Å². The van der Waals surface area contributed by atoms with Crippen LogP contribution in [-0.2, 0) is 4.74 Å².